The lowest BCUT2D eigenvalue weighted by Gasteiger charge is -2.38. The van der Waals surface area contributed by atoms with Crippen molar-refractivity contribution in [3.8, 4) is 0 Å². The fourth-order valence-electron chi connectivity index (χ4n) is 3.00. The predicted octanol–water partition coefficient (Wildman–Crippen LogP) is 3.05. The summed E-state index contributed by atoms with van der Waals surface area (Å²) in [6.45, 7) is 8.48. The SMILES string of the molecule is COCCNCc1ccc(N2CCC(C)CC2C)cc1. The van der Waals surface area contributed by atoms with Gasteiger partial charge in [-0.1, -0.05) is 19.1 Å². The van der Waals surface area contributed by atoms with Gasteiger partial charge >= 0.3 is 0 Å². The second-order valence-corrected chi connectivity index (χ2v) is 6.01. The fourth-order valence-corrected chi connectivity index (χ4v) is 3.00. The lowest BCUT2D eigenvalue weighted by Crippen LogP contribution is -2.40. The minimum Gasteiger partial charge on any atom is -0.383 e. The molecule has 0 spiro atoms. The van der Waals surface area contributed by atoms with Crippen molar-refractivity contribution in [1.82, 2.24) is 5.32 Å². The van der Waals surface area contributed by atoms with Crippen molar-refractivity contribution < 1.29 is 4.74 Å². The number of benzene rings is 1. The fraction of sp³-hybridized carbons (Fsp3) is 0.647. The molecule has 20 heavy (non-hydrogen) atoms. The number of methoxy groups -OCH3 is 1. The maximum atomic E-state index is 5.03. The maximum Gasteiger partial charge on any atom is 0.0587 e. The Hall–Kier alpha value is -1.06. The Kier molecular flexibility index (Phi) is 5.86. The number of nitrogens with one attached hydrogen (secondary N) is 1. The zero-order valence-electron chi connectivity index (χ0n) is 13.1. The molecular formula is C17H28N2O. The van der Waals surface area contributed by atoms with Crippen LogP contribution in [0.15, 0.2) is 24.3 Å². The zero-order chi connectivity index (χ0) is 14.4. The van der Waals surface area contributed by atoms with E-state index in [0.717, 1.165) is 25.6 Å². The van der Waals surface area contributed by atoms with Gasteiger partial charge in [0.2, 0.25) is 0 Å². The van der Waals surface area contributed by atoms with Crippen LogP contribution in [0.2, 0.25) is 0 Å². The number of nitrogens with zero attached hydrogens (tertiary/aromatic N) is 1. The van der Waals surface area contributed by atoms with Gasteiger partial charge in [-0.2, -0.15) is 0 Å². The van der Waals surface area contributed by atoms with E-state index in [-0.39, 0.29) is 0 Å². The molecule has 1 aromatic carbocycles. The molecule has 0 radical (unpaired) electrons. The van der Waals surface area contributed by atoms with Crippen molar-refractivity contribution in [2.45, 2.75) is 39.3 Å². The first-order valence-corrected chi connectivity index (χ1v) is 7.76. The highest BCUT2D eigenvalue weighted by Gasteiger charge is 2.22. The third-order valence-electron chi connectivity index (χ3n) is 4.22. The van der Waals surface area contributed by atoms with E-state index in [4.69, 9.17) is 4.74 Å². The highest BCUT2D eigenvalue weighted by Crippen LogP contribution is 2.27. The van der Waals surface area contributed by atoms with E-state index < -0.39 is 0 Å². The first-order valence-electron chi connectivity index (χ1n) is 7.76. The molecule has 3 heteroatoms. The number of hydrogen-bond acceptors (Lipinski definition) is 3. The highest BCUT2D eigenvalue weighted by atomic mass is 16.5. The molecule has 0 saturated carbocycles. The summed E-state index contributed by atoms with van der Waals surface area (Å²) < 4.78 is 5.03. The molecule has 1 heterocycles. The number of piperidine rings is 1. The van der Waals surface area contributed by atoms with Crippen LogP contribution in [-0.4, -0.2) is 32.8 Å². The first-order chi connectivity index (χ1) is 9.70. The summed E-state index contributed by atoms with van der Waals surface area (Å²) >= 11 is 0. The van der Waals surface area contributed by atoms with Crippen LogP contribution in [0.4, 0.5) is 5.69 Å². The first kappa shape index (κ1) is 15.3. The van der Waals surface area contributed by atoms with E-state index in [2.05, 4.69) is 48.3 Å². The molecule has 1 fully saturated rings. The summed E-state index contributed by atoms with van der Waals surface area (Å²) in [6, 6.07) is 9.66. The van der Waals surface area contributed by atoms with Gasteiger partial charge in [0.15, 0.2) is 0 Å². The number of ether oxygens (including phenoxy) is 1. The highest BCUT2D eigenvalue weighted by molar-refractivity contribution is 5.48. The van der Waals surface area contributed by atoms with Gasteiger partial charge in [-0.05, 0) is 43.4 Å². The minimum absolute atomic E-state index is 0.657. The van der Waals surface area contributed by atoms with Gasteiger partial charge in [0.1, 0.15) is 0 Å². The van der Waals surface area contributed by atoms with Gasteiger partial charge in [0, 0.05) is 38.5 Å². The molecule has 2 rings (SSSR count). The predicted molar refractivity (Wildman–Crippen MR) is 85.2 cm³/mol. The van der Waals surface area contributed by atoms with E-state index in [1.54, 1.807) is 7.11 Å². The molecule has 1 saturated heterocycles. The largest absolute Gasteiger partial charge is 0.383 e. The van der Waals surface area contributed by atoms with E-state index in [1.165, 1.54) is 30.6 Å². The molecule has 2 atom stereocenters. The van der Waals surface area contributed by atoms with Crippen molar-refractivity contribution >= 4 is 5.69 Å². The molecule has 2 unspecified atom stereocenters. The second kappa shape index (κ2) is 7.65. The van der Waals surface area contributed by atoms with Crippen LogP contribution in [0.5, 0.6) is 0 Å². The normalized spacial score (nSPS) is 23.1. The van der Waals surface area contributed by atoms with Crippen LogP contribution in [0.1, 0.15) is 32.3 Å². The van der Waals surface area contributed by atoms with Crippen molar-refractivity contribution in [3.63, 3.8) is 0 Å². The summed E-state index contributed by atoms with van der Waals surface area (Å²) in [6.07, 6.45) is 2.62. The summed E-state index contributed by atoms with van der Waals surface area (Å²) in [4.78, 5) is 2.54. The summed E-state index contributed by atoms with van der Waals surface area (Å²) in [5.74, 6) is 0.866. The van der Waals surface area contributed by atoms with E-state index in [9.17, 15) is 0 Å². The summed E-state index contributed by atoms with van der Waals surface area (Å²) in [5, 5.41) is 3.38. The van der Waals surface area contributed by atoms with Gasteiger partial charge in [0.25, 0.3) is 0 Å². The Balaban J connectivity index is 1.87. The summed E-state index contributed by atoms with van der Waals surface area (Å²) in [7, 11) is 1.73. The van der Waals surface area contributed by atoms with Crippen LogP contribution >= 0.6 is 0 Å². The Morgan fingerprint density at radius 2 is 2.00 bits per heavy atom. The third kappa shape index (κ3) is 4.22. The zero-order valence-corrected chi connectivity index (χ0v) is 13.1. The van der Waals surface area contributed by atoms with Gasteiger partial charge in [-0.3, -0.25) is 0 Å². The average Bonchev–Trinajstić information content (AvgIpc) is 2.45. The van der Waals surface area contributed by atoms with Crippen LogP contribution in [0, 0.1) is 5.92 Å². The molecule has 1 aliphatic heterocycles. The monoisotopic (exact) mass is 276 g/mol. The third-order valence-corrected chi connectivity index (χ3v) is 4.22. The second-order valence-electron chi connectivity index (χ2n) is 6.01. The molecule has 0 bridgehead atoms. The molecule has 3 nitrogen and oxygen atoms in total. The van der Waals surface area contributed by atoms with Crippen molar-refractivity contribution in [2.24, 2.45) is 5.92 Å². The molecule has 0 aromatic heterocycles. The molecule has 0 amide bonds. The van der Waals surface area contributed by atoms with Gasteiger partial charge in [0.05, 0.1) is 6.61 Å². The Bertz CT molecular complexity index is 390. The number of rotatable bonds is 6. The molecule has 0 aliphatic carbocycles. The van der Waals surface area contributed by atoms with Crippen molar-refractivity contribution in [3.05, 3.63) is 29.8 Å². The van der Waals surface area contributed by atoms with Gasteiger partial charge < -0.3 is 15.0 Å². The smallest absolute Gasteiger partial charge is 0.0587 e. The lowest BCUT2D eigenvalue weighted by molar-refractivity contribution is 0.199. The van der Waals surface area contributed by atoms with Crippen molar-refractivity contribution in [2.75, 3.05) is 31.7 Å². The standard InChI is InChI=1S/C17H28N2O/c1-14-8-10-19(15(2)12-14)17-6-4-16(5-7-17)13-18-9-11-20-3/h4-7,14-15,18H,8-13H2,1-3H3. The molecule has 1 N–H and O–H groups in total. The molecule has 112 valence electrons. The van der Waals surface area contributed by atoms with E-state index in [0.29, 0.717) is 6.04 Å². The minimum atomic E-state index is 0.657. The van der Waals surface area contributed by atoms with Crippen LogP contribution in [-0.2, 0) is 11.3 Å². The summed E-state index contributed by atoms with van der Waals surface area (Å²) in [5.41, 5.74) is 2.70. The topological polar surface area (TPSA) is 24.5 Å². The Morgan fingerprint density at radius 1 is 1.25 bits per heavy atom. The number of anilines is 1. The van der Waals surface area contributed by atoms with Gasteiger partial charge in [-0.25, -0.2) is 0 Å². The molecular weight excluding hydrogens is 248 g/mol. The van der Waals surface area contributed by atoms with Crippen LogP contribution in [0.3, 0.4) is 0 Å². The quantitative estimate of drug-likeness (QED) is 0.808. The maximum absolute atomic E-state index is 5.03. The van der Waals surface area contributed by atoms with E-state index >= 15 is 0 Å². The van der Waals surface area contributed by atoms with Crippen molar-refractivity contribution in [1.29, 1.82) is 0 Å². The van der Waals surface area contributed by atoms with Gasteiger partial charge in [-0.15, -0.1) is 0 Å². The average molecular weight is 276 g/mol. The van der Waals surface area contributed by atoms with Crippen LogP contribution < -0.4 is 10.2 Å². The number of hydrogen-bond donors (Lipinski definition) is 1. The van der Waals surface area contributed by atoms with E-state index in [1.807, 2.05) is 0 Å². The lowest BCUT2D eigenvalue weighted by atomic mass is 9.93. The Morgan fingerprint density at radius 3 is 2.65 bits per heavy atom. The Labute approximate surface area is 123 Å². The molecule has 1 aromatic rings. The molecule has 1 aliphatic rings. The van der Waals surface area contributed by atoms with Crippen LogP contribution in [0.25, 0.3) is 0 Å².